The van der Waals surface area contributed by atoms with Crippen molar-refractivity contribution in [2.75, 3.05) is 39.2 Å². The Balaban J connectivity index is 2.96. The van der Waals surface area contributed by atoms with Gasteiger partial charge in [0, 0.05) is 31.5 Å². The van der Waals surface area contributed by atoms with Gasteiger partial charge in [0.25, 0.3) is 0 Å². The largest absolute Gasteiger partial charge is 0.493 e. The highest BCUT2D eigenvalue weighted by Gasteiger charge is 2.25. The number of anilines is 1. The third-order valence-corrected chi connectivity index (χ3v) is 4.71. The van der Waals surface area contributed by atoms with Gasteiger partial charge in [-0.05, 0) is 43.7 Å². The minimum atomic E-state index is 0.0364. The van der Waals surface area contributed by atoms with E-state index < -0.39 is 0 Å². The molecular weight excluding hydrogens is 318 g/mol. The van der Waals surface area contributed by atoms with Crippen LogP contribution in [0.2, 0.25) is 0 Å². The van der Waals surface area contributed by atoms with Crippen LogP contribution in [0.5, 0.6) is 11.5 Å². The second-order valence-electron chi connectivity index (χ2n) is 6.07. The van der Waals surface area contributed by atoms with E-state index in [4.69, 9.17) is 14.5 Å². The van der Waals surface area contributed by atoms with E-state index in [1.807, 2.05) is 25.1 Å². The van der Waals surface area contributed by atoms with Crippen molar-refractivity contribution in [1.29, 1.82) is 0 Å². The van der Waals surface area contributed by atoms with Gasteiger partial charge < -0.3 is 25.2 Å². The van der Waals surface area contributed by atoms with E-state index in [0.29, 0.717) is 18.0 Å². The van der Waals surface area contributed by atoms with Crippen LogP contribution in [0.4, 0.5) is 5.69 Å². The number of rotatable bonds is 10. The lowest BCUT2D eigenvalue weighted by atomic mass is 9.79. The zero-order valence-corrected chi connectivity index (χ0v) is 16.2. The standard InChI is InChI=1S/C19H33N3O3/c1-6-19(7-2,11-12-23)14-21-18(20-8-3)22-15-9-10-16(24-4)17(13-15)25-5/h9-10,13,23H,6-8,11-12,14H2,1-5H3,(H2,20,21,22). The van der Waals surface area contributed by atoms with Crippen molar-refractivity contribution in [3.63, 3.8) is 0 Å². The Bertz CT molecular complexity index is 543. The Morgan fingerprint density at radius 3 is 2.32 bits per heavy atom. The van der Waals surface area contributed by atoms with E-state index >= 15 is 0 Å². The van der Waals surface area contributed by atoms with Crippen molar-refractivity contribution in [3.05, 3.63) is 18.2 Å². The normalized spacial score (nSPS) is 12.0. The van der Waals surface area contributed by atoms with Gasteiger partial charge in [-0.1, -0.05) is 13.8 Å². The van der Waals surface area contributed by atoms with Crippen LogP contribution in [0.3, 0.4) is 0 Å². The first-order chi connectivity index (χ1) is 12.1. The van der Waals surface area contributed by atoms with Gasteiger partial charge in [-0.3, -0.25) is 4.99 Å². The summed E-state index contributed by atoms with van der Waals surface area (Å²) in [4.78, 5) is 4.75. The molecule has 0 bridgehead atoms. The Hall–Kier alpha value is -1.95. The summed E-state index contributed by atoms with van der Waals surface area (Å²) in [7, 11) is 3.24. The smallest absolute Gasteiger partial charge is 0.195 e. The van der Waals surface area contributed by atoms with Crippen LogP contribution < -0.4 is 20.1 Å². The second kappa shape index (κ2) is 10.8. The van der Waals surface area contributed by atoms with Crippen LogP contribution in [0.25, 0.3) is 0 Å². The third-order valence-electron chi connectivity index (χ3n) is 4.71. The molecule has 0 amide bonds. The molecule has 1 rings (SSSR count). The van der Waals surface area contributed by atoms with Gasteiger partial charge in [0.15, 0.2) is 17.5 Å². The SMILES string of the molecule is CCNC(=NCC(CC)(CC)CCO)Nc1ccc(OC)c(OC)c1. The van der Waals surface area contributed by atoms with Crippen LogP contribution in [0.15, 0.2) is 23.2 Å². The molecule has 0 aromatic heterocycles. The summed E-state index contributed by atoms with van der Waals surface area (Å²) in [6.45, 7) is 7.98. The lowest BCUT2D eigenvalue weighted by Crippen LogP contribution is -2.33. The molecule has 1 aromatic carbocycles. The minimum absolute atomic E-state index is 0.0364. The van der Waals surface area contributed by atoms with Crippen molar-refractivity contribution >= 4 is 11.6 Å². The lowest BCUT2D eigenvalue weighted by molar-refractivity contribution is 0.175. The molecule has 0 unspecified atom stereocenters. The number of nitrogens with one attached hydrogen (secondary N) is 2. The van der Waals surface area contributed by atoms with E-state index in [0.717, 1.165) is 37.5 Å². The van der Waals surface area contributed by atoms with Gasteiger partial charge in [-0.15, -0.1) is 0 Å². The number of aliphatic hydroxyl groups excluding tert-OH is 1. The lowest BCUT2D eigenvalue weighted by Gasteiger charge is -2.29. The first-order valence-corrected chi connectivity index (χ1v) is 8.96. The number of hydrogen-bond acceptors (Lipinski definition) is 4. The number of aliphatic imine (C=N–C) groups is 1. The summed E-state index contributed by atoms with van der Waals surface area (Å²) in [5.41, 5.74) is 0.910. The van der Waals surface area contributed by atoms with Gasteiger partial charge in [0.2, 0.25) is 0 Å². The molecule has 0 radical (unpaired) electrons. The highest BCUT2D eigenvalue weighted by molar-refractivity contribution is 5.93. The molecule has 0 aliphatic carbocycles. The zero-order valence-electron chi connectivity index (χ0n) is 16.2. The molecule has 0 aliphatic heterocycles. The van der Waals surface area contributed by atoms with Gasteiger partial charge in [0.1, 0.15) is 0 Å². The molecule has 0 saturated carbocycles. The molecule has 1 aromatic rings. The van der Waals surface area contributed by atoms with E-state index in [9.17, 15) is 5.11 Å². The predicted octanol–water partition coefficient (Wildman–Crippen LogP) is 3.27. The molecule has 3 N–H and O–H groups in total. The molecule has 0 atom stereocenters. The fourth-order valence-electron chi connectivity index (χ4n) is 2.75. The Labute approximate surface area is 151 Å². The molecule has 0 fully saturated rings. The molecule has 0 heterocycles. The first kappa shape index (κ1) is 21.1. The topological polar surface area (TPSA) is 75.1 Å². The molecule has 142 valence electrons. The molecule has 6 nitrogen and oxygen atoms in total. The summed E-state index contributed by atoms with van der Waals surface area (Å²) < 4.78 is 10.6. The second-order valence-corrected chi connectivity index (χ2v) is 6.07. The number of nitrogens with zero attached hydrogens (tertiary/aromatic N) is 1. The number of ether oxygens (including phenoxy) is 2. The van der Waals surface area contributed by atoms with Crippen LogP contribution in [-0.4, -0.2) is 45.0 Å². The maximum Gasteiger partial charge on any atom is 0.195 e. The summed E-state index contributed by atoms with van der Waals surface area (Å²) in [5.74, 6) is 2.08. The fourth-order valence-corrected chi connectivity index (χ4v) is 2.75. The Morgan fingerprint density at radius 1 is 1.12 bits per heavy atom. The monoisotopic (exact) mass is 351 g/mol. The quantitative estimate of drug-likeness (QED) is 0.446. The summed E-state index contributed by atoms with van der Waals surface area (Å²) >= 11 is 0. The molecule has 0 saturated heterocycles. The first-order valence-electron chi connectivity index (χ1n) is 8.96. The predicted molar refractivity (Wildman–Crippen MR) is 104 cm³/mol. The maximum atomic E-state index is 9.37. The van der Waals surface area contributed by atoms with E-state index in [-0.39, 0.29) is 12.0 Å². The summed E-state index contributed by atoms with van der Waals surface area (Å²) in [6, 6.07) is 5.67. The molecule has 25 heavy (non-hydrogen) atoms. The van der Waals surface area contributed by atoms with Gasteiger partial charge in [-0.25, -0.2) is 0 Å². The van der Waals surface area contributed by atoms with E-state index in [1.165, 1.54) is 0 Å². The highest BCUT2D eigenvalue weighted by Crippen LogP contribution is 2.31. The summed E-state index contributed by atoms with van der Waals surface area (Å²) in [6.07, 6.45) is 2.74. The van der Waals surface area contributed by atoms with Crippen molar-refractivity contribution in [2.24, 2.45) is 10.4 Å². The molecule has 0 aliphatic rings. The fraction of sp³-hybridized carbons (Fsp3) is 0.632. The number of hydrogen-bond donors (Lipinski definition) is 3. The number of methoxy groups -OCH3 is 2. The maximum absolute atomic E-state index is 9.37. The van der Waals surface area contributed by atoms with Crippen LogP contribution >= 0.6 is 0 Å². The van der Waals surface area contributed by atoms with Gasteiger partial charge >= 0.3 is 0 Å². The van der Waals surface area contributed by atoms with Gasteiger partial charge in [-0.2, -0.15) is 0 Å². The van der Waals surface area contributed by atoms with Crippen molar-refractivity contribution in [1.82, 2.24) is 5.32 Å². The van der Waals surface area contributed by atoms with Crippen molar-refractivity contribution < 1.29 is 14.6 Å². The Morgan fingerprint density at radius 2 is 1.80 bits per heavy atom. The summed E-state index contributed by atoms with van der Waals surface area (Å²) in [5, 5.41) is 15.9. The van der Waals surface area contributed by atoms with Crippen molar-refractivity contribution in [3.8, 4) is 11.5 Å². The highest BCUT2D eigenvalue weighted by atomic mass is 16.5. The number of aliphatic hydroxyl groups is 1. The molecule has 6 heteroatoms. The molecule has 0 spiro atoms. The van der Waals surface area contributed by atoms with E-state index in [1.54, 1.807) is 14.2 Å². The van der Waals surface area contributed by atoms with Crippen LogP contribution in [0.1, 0.15) is 40.0 Å². The number of benzene rings is 1. The molecular formula is C19H33N3O3. The number of guanidine groups is 1. The minimum Gasteiger partial charge on any atom is -0.493 e. The van der Waals surface area contributed by atoms with Crippen LogP contribution in [0, 0.1) is 5.41 Å². The van der Waals surface area contributed by atoms with Crippen molar-refractivity contribution in [2.45, 2.75) is 40.0 Å². The third kappa shape index (κ3) is 6.12. The van der Waals surface area contributed by atoms with Gasteiger partial charge in [0.05, 0.1) is 14.2 Å². The zero-order chi connectivity index (χ0) is 18.7. The average Bonchev–Trinajstić information content (AvgIpc) is 2.65. The average molecular weight is 351 g/mol. The van der Waals surface area contributed by atoms with Crippen LogP contribution in [-0.2, 0) is 0 Å². The van der Waals surface area contributed by atoms with E-state index in [2.05, 4.69) is 24.5 Å². The Kier molecular flexibility index (Phi) is 9.13.